The summed E-state index contributed by atoms with van der Waals surface area (Å²) in [7, 11) is 0. The van der Waals surface area contributed by atoms with Gasteiger partial charge in [-0.05, 0) is 50.4 Å². The first-order valence-electron chi connectivity index (χ1n) is 6.72. The summed E-state index contributed by atoms with van der Waals surface area (Å²) in [6.45, 7) is 2.72. The van der Waals surface area contributed by atoms with E-state index >= 15 is 0 Å². The Bertz CT molecular complexity index is 386. The standard InChI is InChI=1S/C15H21ClFN/c1-15(17,11-14-7-2-3-8-18-14)10-12-5-4-6-13(16)9-12/h4-6,9,14,18H,2-3,7-8,10-11H2,1H3. The van der Waals surface area contributed by atoms with Crippen LogP contribution in [0.25, 0.3) is 0 Å². The summed E-state index contributed by atoms with van der Waals surface area (Å²) < 4.78 is 14.6. The fourth-order valence-electron chi connectivity index (χ4n) is 2.76. The first-order valence-corrected chi connectivity index (χ1v) is 7.10. The predicted molar refractivity (Wildman–Crippen MR) is 74.9 cm³/mol. The second-order valence-electron chi connectivity index (χ2n) is 5.57. The molecule has 0 bridgehead atoms. The van der Waals surface area contributed by atoms with Crippen LogP contribution in [0.4, 0.5) is 4.39 Å². The molecule has 0 saturated carbocycles. The molecule has 18 heavy (non-hydrogen) atoms. The highest BCUT2D eigenvalue weighted by molar-refractivity contribution is 6.30. The number of hydrogen-bond donors (Lipinski definition) is 1. The van der Waals surface area contributed by atoms with E-state index in [0.717, 1.165) is 18.5 Å². The van der Waals surface area contributed by atoms with Gasteiger partial charge in [-0.2, -0.15) is 0 Å². The summed E-state index contributed by atoms with van der Waals surface area (Å²) in [5.41, 5.74) is -0.192. The number of halogens is 2. The van der Waals surface area contributed by atoms with Gasteiger partial charge in [0.25, 0.3) is 0 Å². The molecule has 3 heteroatoms. The molecule has 0 radical (unpaired) electrons. The second kappa shape index (κ2) is 6.03. The highest BCUT2D eigenvalue weighted by atomic mass is 35.5. The van der Waals surface area contributed by atoms with Crippen LogP contribution in [-0.2, 0) is 6.42 Å². The number of alkyl halides is 1. The zero-order chi connectivity index (χ0) is 13.0. The van der Waals surface area contributed by atoms with Crippen LogP contribution in [0.2, 0.25) is 5.02 Å². The quantitative estimate of drug-likeness (QED) is 0.866. The van der Waals surface area contributed by atoms with Crippen LogP contribution in [0.1, 0.15) is 38.2 Å². The van der Waals surface area contributed by atoms with Crippen molar-refractivity contribution in [3.63, 3.8) is 0 Å². The summed E-state index contributed by atoms with van der Waals surface area (Å²) in [6, 6.07) is 7.83. The van der Waals surface area contributed by atoms with E-state index in [9.17, 15) is 4.39 Å². The van der Waals surface area contributed by atoms with Crippen molar-refractivity contribution < 1.29 is 4.39 Å². The number of nitrogens with one attached hydrogen (secondary N) is 1. The Balaban J connectivity index is 1.93. The minimum absolute atomic E-state index is 0.327. The molecule has 100 valence electrons. The van der Waals surface area contributed by atoms with Crippen molar-refractivity contribution in [2.45, 2.75) is 50.7 Å². The van der Waals surface area contributed by atoms with Gasteiger partial charge in [-0.3, -0.25) is 0 Å². The van der Waals surface area contributed by atoms with Crippen molar-refractivity contribution in [1.29, 1.82) is 0 Å². The van der Waals surface area contributed by atoms with Gasteiger partial charge in [0.2, 0.25) is 0 Å². The monoisotopic (exact) mass is 269 g/mol. The Morgan fingerprint density at radius 1 is 1.44 bits per heavy atom. The molecule has 2 unspecified atom stereocenters. The topological polar surface area (TPSA) is 12.0 Å². The lowest BCUT2D eigenvalue weighted by Gasteiger charge is -2.30. The van der Waals surface area contributed by atoms with Gasteiger partial charge < -0.3 is 5.32 Å². The fourth-order valence-corrected chi connectivity index (χ4v) is 2.97. The van der Waals surface area contributed by atoms with Gasteiger partial charge in [0.15, 0.2) is 0 Å². The van der Waals surface area contributed by atoms with E-state index in [-0.39, 0.29) is 0 Å². The van der Waals surface area contributed by atoms with Gasteiger partial charge in [0, 0.05) is 17.5 Å². The maximum atomic E-state index is 14.6. The van der Waals surface area contributed by atoms with Crippen LogP contribution in [-0.4, -0.2) is 18.3 Å². The van der Waals surface area contributed by atoms with Crippen LogP contribution < -0.4 is 5.32 Å². The molecule has 1 aliphatic heterocycles. The third kappa shape index (κ3) is 4.25. The molecule has 0 aliphatic carbocycles. The zero-order valence-corrected chi connectivity index (χ0v) is 11.6. The van der Waals surface area contributed by atoms with E-state index in [0.29, 0.717) is 23.9 Å². The number of piperidine rings is 1. The molecule has 0 amide bonds. The van der Waals surface area contributed by atoms with Crippen LogP contribution in [0.15, 0.2) is 24.3 Å². The van der Waals surface area contributed by atoms with Gasteiger partial charge in [0.1, 0.15) is 5.67 Å². The normalized spacial score (nSPS) is 23.6. The highest BCUT2D eigenvalue weighted by Crippen LogP contribution is 2.27. The Morgan fingerprint density at radius 2 is 2.28 bits per heavy atom. The average molecular weight is 270 g/mol. The van der Waals surface area contributed by atoms with Crippen LogP contribution >= 0.6 is 11.6 Å². The fraction of sp³-hybridized carbons (Fsp3) is 0.600. The molecule has 1 fully saturated rings. The zero-order valence-electron chi connectivity index (χ0n) is 10.9. The Kier molecular flexibility index (Phi) is 4.63. The smallest absolute Gasteiger partial charge is 0.113 e. The molecular weight excluding hydrogens is 249 g/mol. The molecule has 1 N–H and O–H groups in total. The molecule has 2 atom stereocenters. The first kappa shape index (κ1) is 13.8. The van der Waals surface area contributed by atoms with E-state index in [1.165, 1.54) is 12.8 Å². The van der Waals surface area contributed by atoms with Crippen LogP contribution in [0.5, 0.6) is 0 Å². The maximum Gasteiger partial charge on any atom is 0.113 e. The minimum atomic E-state index is -1.17. The Labute approximate surface area is 114 Å². The van der Waals surface area contributed by atoms with Gasteiger partial charge in [-0.15, -0.1) is 0 Å². The van der Waals surface area contributed by atoms with Crippen molar-refractivity contribution in [2.75, 3.05) is 6.54 Å². The van der Waals surface area contributed by atoms with E-state index < -0.39 is 5.67 Å². The molecule has 2 rings (SSSR count). The average Bonchev–Trinajstić information content (AvgIpc) is 2.28. The largest absolute Gasteiger partial charge is 0.314 e. The molecule has 1 nitrogen and oxygen atoms in total. The summed E-state index contributed by atoms with van der Waals surface area (Å²) in [4.78, 5) is 0. The van der Waals surface area contributed by atoms with Crippen molar-refractivity contribution in [3.05, 3.63) is 34.9 Å². The summed E-state index contributed by atoms with van der Waals surface area (Å²) in [5.74, 6) is 0. The van der Waals surface area contributed by atoms with Gasteiger partial charge >= 0.3 is 0 Å². The van der Waals surface area contributed by atoms with Gasteiger partial charge in [-0.25, -0.2) is 4.39 Å². The number of hydrogen-bond acceptors (Lipinski definition) is 1. The van der Waals surface area contributed by atoms with Crippen molar-refractivity contribution >= 4 is 11.6 Å². The van der Waals surface area contributed by atoms with Crippen LogP contribution in [0.3, 0.4) is 0 Å². The maximum absolute atomic E-state index is 14.6. The lowest BCUT2D eigenvalue weighted by molar-refractivity contribution is 0.146. The SMILES string of the molecule is CC(F)(Cc1cccc(Cl)c1)CC1CCCCN1. The third-order valence-corrected chi connectivity index (χ3v) is 3.78. The third-order valence-electron chi connectivity index (χ3n) is 3.55. The Morgan fingerprint density at radius 3 is 2.94 bits per heavy atom. The van der Waals surface area contributed by atoms with E-state index in [1.54, 1.807) is 6.92 Å². The van der Waals surface area contributed by atoms with Crippen molar-refractivity contribution in [2.24, 2.45) is 0 Å². The van der Waals surface area contributed by atoms with Crippen LogP contribution in [0, 0.1) is 0 Å². The van der Waals surface area contributed by atoms with Gasteiger partial charge in [-0.1, -0.05) is 30.2 Å². The van der Waals surface area contributed by atoms with Gasteiger partial charge in [0.05, 0.1) is 0 Å². The molecule has 1 heterocycles. The first-order chi connectivity index (χ1) is 8.55. The predicted octanol–water partition coefficient (Wildman–Crippen LogP) is 4.14. The van der Waals surface area contributed by atoms with E-state index in [2.05, 4.69) is 5.32 Å². The molecule has 0 aromatic heterocycles. The molecule has 1 aliphatic rings. The molecule has 0 spiro atoms. The van der Waals surface area contributed by atoms with E-state index in [4.69, 9.17) is 11.6 Å². The Hall–Kier alpha value is -0.600. The highest BCUT2D eigenvalue weighted by Gasteiger charge is 2.28. The molecule has 1 saturated heterocycles. The second-order valence-corrected chi connectivity index (χ2v) is 6.01. The van der Waals surface area contributed by atoms with Crippen molar-refractivity contribution in [1.82, 2.24) is 5.32 Å². The van der Waals surface area contributed by atoms with E-state index in [1.807, 2.05) is 24.3 Å². The molecule has 1 aromatic rings. The summed E-state index contributed by atoms with van der Waals surface area (Å²) >= 11 is 5.93. The molecule has 1 aromatic carbocycles. The lowest BCUT2D eigenvalue weighted by atomic mass is 9.88. The summed E-state index contributed by atoms with van der Waals surface area (Å²) in [5, 5.41) is 4.09. The molecular formula is C15H21ClFN. The summed E-state index contributed by atoms with van der Waals surface area (Å²) in [6.07, 6.45) is 4.54. The number of rotatable bonds is 4. The lowest BCUT2D eigenvalue weighted by Crippen LogP contribution is -2.40. The van der Waals surface area contributed by atoms with Crippen molar-refractivity contribution in [3.8, 4) is 0 Å². The number of benzene rings is 1. The minimum Gasteiger partial charge on any atom is -0.314 e.